The Hall–Kier alpha value is -2.14. The Bertz CT molecular complexity index is 866. The molecule has 3 rings (SSSR count). The summed E-state index contributed by atoms with van der Waals surface area (Å²) in [6, 6.07) is 14.0. The zero-order valence-corrected chi connectivity index (χ0v) is 16.1. The average Bonchev–Trinajstić information content (AvgIpc) is 3.46. The van der Waals surface area contributed by atoms with Crippen molar-refractivity contribution in [1.29, 1.82) is 0 Å². The van der Waals surface area contributed by atoms with E-state index in [1.165, 1.54) is 0 Å². The number of aryl methyl sites for hydroxylation is 2. The van der Waals surface area contributed by atoms with Crippen molar-refractivity contribution in [2.45, 2.75) is 50.8 Å². The van der Waals surface area contributed by atoms with Gasteiger partial charge in [0.25, 0.3) is 10.0 Å². The maximum absolute atomic E-state index is 13.2. The number of unbranched alkanes of at least 4 members (excludes halogenated alkanes) is 1. The molecule has 0 aromatic heterocycles. The minimum Gasteiger partial charge on any atom is -0.273 e. The van der Waals surface area contributed by atoms with Crippen LogP contribution in [0.5, 0.6) is 0 Å². The molecule has 0 atom stereocenters. The molecule has 1 fully saturated rings. The summed E-state index contributed by atoms with van der Waals surface area (Å²) in [5, 5.41) is 0. The molecule has 1 saturated carbocycles. The minimum atomic E-state index is -3.92. The van der Waals surface area contributed by atoms with Crippen LogP contribution in [0.15, 0.2) is 53.4 Å². The van der Waals surface area contributed by atoms with Crippen LogP contribution in [-0.2, 0) is 21.2 Å². The number of sulfonamides is 1. The van der Waals surface area contributed by atoms with E-state index in [4.69, 9.17) is 0 Å². The van der Waals surface area contributed by atoms with Crippen molar-refractivity contribution >= 4 is 21.6 Å². The van der Waals surface area contributed by atoms with E-state index < -0.39 is 10.0 Å². The van der Waals surface area contributed by atoms with Gasteiger partial charge < -0.3 is 0 Å². The molecule has 4 nitrogen and oxygen atoms in total. The van der Waals surface area contributed by atoms with Gasteiger partial charge in [0.15, 0.2) is 0 Å². The number of hydrogen-bond donors (Lipinski definition) is 0. The second kappa shape index (κ2) is 7.62. The van der Waals surface area contributed by atoms with Crippen LogP contribution in [0.1, 0.15) is 43.7 Å². The lowest BCUT2D eigenvalue weighted by atomic mass is 10.1. The lowest BCUT2D eigenvalue weighted by molar-refractivity contribution is -0.118. The van der Waals surface area contributed by atoms with Gasteiger partial charge in [-0.2, -0.15) is 0 Å². The van der Waals surface area contributed by atoms with Crippen LogP contribution in [0.3, 0.4) is 0 Å². The molecule has 26 heavy (non-hydrogen) atoms. The summed E-state index contributed by atoms with van der Waals surface area (Å²) < 4.78 is 27.4. The molecular formula is C21H25NO3S. The van der Waals surface area contributed by atoms with E-state index in [1.54, 1.807) is 36.4 Å². The van der Waals surface area contributed by atoms with Crippen molar-refractivity contribution in [1.82, 2.24) is 0 Å². The van der Waals surface area contributed by atoms with Crippen molar-refractivity contribution in [3.05, 3.63) is 59.7 Å². The molecule has 5 heteroatoms. The highest BCUT2D eigenvalue weighted by Crippen LogP contribution is 2.35. The topological polar surface area (TPSA) is 54.5 Å². The highest BCUT2D eigenvalue weighted by molar-refractivity contribution is 7.93. The number of anilines is 1. The number of carbonyl (C=O) groups excluding carboxylic acids is 1. The Morgan fingerprint density at radius 3 is 2.19 bits per heavy atom. The molecule has 0 N–H and O–H groups in total. The lowest BCUT2D eigenvalue weighted by Gasteiger charge is -2.23. The molecule has 1 aliphatic carbocycles. The number of carbonyl (C=O) groups is 1. The molecule has 138 valence electrons. The van der Waals surface area contributed by atoms with Crippen molar-refractivity contribution in [2.75, 3.05) is 4.31 Å². The predicted molar refractivity (Wildman–Crippen MR) is 104 cm³/mol. The van der Waals surface area contributed by atoms with Gasteiger partial charge in [0, 0.05) is 5.92 Å². The van der Waals surface area contributed by atoms with Gasteiger partial charge in [-0.1, -0.05) is 43.2 Å². The maximum atomic E-state index is 13.2. The summed E-state index contributed by atoms with van der Waals surface area (Å²) >= 11 is 0. The third-order valence-electron chi connectivity index (χ3n) is 4.68. The summed E-state index contributed by atoms with van der Waals surface area (Å²) in [5.41, 5.74) is 2.55. The van der Waals surface area contributed by atoms with Gasteiger partial charge in [-0.05, 0) is 62.4 Å². The third kappa shape index (κ3) is 3.98. The van der Waals surface area contributed by atoms with Gasteiger partial charge in [0.05, 0.1) is 10.6 Å². The molecule has 2 aromatic rings. The van der Waals surface area contributed by atoms with Gasteiger partial charge in [0.1, 0.15) is 0 Å². The zero-order chi connectivity index (χ0) is 18.7. The van der Waals surface area contributed by atoms with Gasteiger partial charge in [-0.25, -0.2) is 12.7 Å². The largest absolute Gasteiger partial charge is 0.273 e. The Labute approximate surface area is 155 Å². The van der Waals surface area contributed by atoms with E-state index in [9.17, 15) is 13.2 Å². The maximum Gasteiger partial charge on any atom is 0.270 e. The van der Waals surface area contributed by atoms with Crippen LogP contribution in [0, 0.1) is 12.8 Å². The molecule has 0 bridgehead atoms. The Balaban J connectivity index is 1.97. The quantitative estimate of drug-likeness (QED) is 0.721. The summed E-state index contributed by atoms with van der Waals surface area (Å²) in [7, 11) is -3.92. The third-order valence-corrected chi connectivity index (χ3v) is 6.42. The minimum absolute atomic E-state index is 0.146. The highest BCUT2D eigenvalue weighted by Gasteiger charge is 2.40. The highest BCUT2D eigenvalue weighted by atomic mass is 32.2. The fourth-order valence-electron chi connectivity index (χ4n) is 2.88. The Morgan fingerprint density at radius 1 is 1.04 bits per heavy atom. The molecule has 0 radical (unpaired) electrons. The zero-order valence-electron chi connectivity index (χ0n) is 15.3. The first-order chi connectivity index (χ1) is 12.4. The summed E-state index contributed by atoms with van der Waals surface area (Å²) in [4.78, 5) is 12.9. The molecule has 1 amide bonds. The molecule has 0 spiro atoms. The van der Waals surface area contributed by atoms with Gasteiger partial charge in [0.2, 0.25) is 5.91 Å². The molecule has 2 aromatic carbocycles. The number of hydrogen-bond acceptors (Lipinski definition) is 3. The lowest BCUT2D eigenvalue weighted by Crippen LogP contribution is -2.38. The summed E-state index contributed by atoms with van der Waals surface area (Å²) in [6.45, 7) is 4.04. The van der Waals surface area contributed by atoms with Crippen LogP contribution in [0.4, 0.5) is 5.69 Å². The van der Waals surface area contributed by atoms with Crippen molar-refractivity contribution in [3.8, 4) is 0 Å². The first-order valence-corrected chi connectivity index (χ1v) is 10.6. The normalized spacial score (nSPS) is 14.2. The van der Waals surface area contributed by atoms with E-state index in [1.807, 2.05) is 19.1 Å². The van der Waals surface area contributed by atoms with Gasteiger partial charge >= 0.3 is 0 Å². The molecular weight excluding hydrogens is 346 g/mol. The molecule has 0 aliphatic heterocycles. The molecule has 1 aliphatic rings. The summed E-state index contributed by atoms with van der Waals surface area (Å²) in [5.74, 6) is -0.512. The van der Waals surface area contributed by atoms with E-state index in [2.05, 4.69) is 6.92 Å². The second-order valence-electron chi connectivity index (χ2n) is 6.97. The fourth-order valence-corrected chi connectivity index (χ4v) is 4.35. The SMILES string of the molecule is CCCCc1ccc(N(C(=O)C2CC2)S(=O)(=O)c2ccc(C)cc2)cc1. The van der Waals surface area contributed by atoms with Crippen LogP contribution >= 0.6 is 0 Å². The van der Waals surface area contributed by atoms with Crippen LogP contribution in [-0.4, -0.2) is 14.3 Å². The monoisotopic (exact) mass is 371 g/mol. The van der Waals surface area contributed by atoms with Crippen LogP contribution in [0.25, 0.3) is 0 Å². The number of benzene rings is 2. The van der Waals surface area contributed by atoms with Crippen LogP contribution < -0.4 is 4.31 Å². The first kappa shape index (κ1) is 18.6. The van der Waals surface area contributed by atoms with Crippen molar-refractivity contribution in [3.63, 3.8) is 0 Å². The number of nitrogens with zero attached hydrogens (tertiary/aromatic N) is 1. The summed E-state index contributed by atoms with van der Waals surface area (Å²) in [6.07, 6.45) is 4.67. The van der Waals surface area contributed by atoms with Crippen LogP contribution in [0.2, 0.25) is 0 Å². The standard InChI is InChI=1S/C21H25NO3S/c1-3-4-5-17-8-12-19(13-9-17)22(21(23)18-10-11-18)26(24,25)20-14-6-16(2)7-15-20/h6-9,12-15,18H,3-5,10-11H2,1-2H3. The molecule has 0 heterocycles. The van der Waals surface area contributed by atoms with E-state index in [0.29, 0.717) is 5.69 Å². The Morgan fingerprint density at radius 2 is 1.65 bits per heavy atom. The van der Waals surface area contributed by atoms with Crippen molar-refractivity contribution in [2.24, 2.45) is 5.92 Å². The Kier molecular flexibility index (Phi) is 5.47. The average molecular weight is 372 g/mol. The first-order valence-electron chi connectivity index (χ1n) is 9.18. The number of amides is 1. The molecule has 0 saturated heterocycles. The second-order valence-corrected chi connectivity index (χ2v) is 8.75. The number of rotatable bonds is 7. The van der Waals surface area contributed by atoms with Gasteiger partial charge in [-0.15, -0.1) is 0 Å². The smallest absolute Gasteiger partial charge is 0.270 e. The van der Waals surface area contributed by atoms with Crippen molar-refractivity contribution < 1.29 is 13.2 Å². The van der Waals surface area contributed by atoms with E-state index >= 15 is 0 Å². The van der Waals surface area contributed by atoms with E-state index in [-0.39, 0.29) is 16.7 Å². The predicted octanol–water partition coefficient (Wildman–Crippen LogP) is 4.47. The molecule has 0 unspecified atom stereocenters. The van der Waals surface area contributed by atoms with Gasteiger partial charge in [-0.3, -0.25) is 4.79 Å². The fraction of sp³-hybridized carbons (Fsp3) is 0.381. The van der Waals surface area contributed by atoms with E-state index in [0.717, 1.165) is 47.5 Å².